The number of aryl methyl sites for hydroxylation is 1. The molecule has 1 aliphatic rings. The Bertz CT molecular complexity index is 580. The fourth-order valence-corrected chi connectivity index (χ4v) is 3.01. The van der Waals surface area contributed by atoms with Crippen LogP contribution in [0.25, 0.3) is 0 Å². The van der Waals surface area contributed by atoms with E-state index < -0.39 is 5.41 Å². The summed E-state index contributed by atoms with van der Waals surface area (Å²) < 4.78 is 0. The van der Waals surface area contributed by atoms with Gasteiger partial charge in [0.1, 0.15) is 0 Å². The molecule has 2 rings (SSSR count). The molecule has 0 saturated carbocycles. The molecule has 1 amide bonds. The van der Waals surface area contributed by atoms with Gasteiger partial charge in [0, 0.05) is 24.5 Å². The molecule has 0 radical (unpaired) electrons. The van der Waals surface area contributed by atoms with E-state index in [0.29, 0.717) is 12.5 Å². The summed E-state index contributed by atoms with van der Waals surface area (Å²) in [6.45, 7) is 9.89. The first-order chi connectivity index (χ1) is 10.8. The third kappa shape index (κ3) is 4.80. The normalized spacial score (nSPS) is 22.4. The highest BCUT2D eigenvalue weighted by atomic mass is 16.2. The first kappa shape index (κ1) is 17.5. The summed E-state index contributed by atoms with van der Waals surface area (Å²) in [6.07, 6.45) is 0.923. The molecule has 23 heavy (non-hydrogen) atoms. The van der Waals surface area contributed by atoms with Gasteiger partial charge in [0.2, 0.25) is 5.91 Å². The molecule has 2 atom stereocenters. The Kier molecular flexibility index (Phi) is 5.43. The maximum Gasteiger partial charge on any atom is 0.225 e. The summed E-state index contributed by atoms with van der Waals surface area (Å²) in [5.74, 6) is 0.423. The largest absolute Gasteiger partial charge is 0.352 e. The summed E-state index contributed by atoms with van der Waals surface area (Å²) in [5.41, 5.74) is 2.14. The van der Waals surface area contributed by atoms with E-state index in [1.807, 2.05) is 20.8 Å². The molecule has 124 valence electrons. The number of hydrogen-bond acceptors (Lipinski definition) is 3. The van der Waals surface area contributed by atoms with Crippen molar-refractivity contribution in [3.8, 4) is 6.07 Å². The third-order valence-corrected chi connectivity index (χ3v) is 4.39. The highest BCUT2D eigenvalue weighted by molar-refractivity contribution is 5.81. The third-order valence-electron chi connectivity index (χ3n) is 4.39. The van der Waals surface area contributed by atoms with Crippen molar-refractivity contribution in [2.45, 2.75) is 46.1 Å². The van der Waals surface area contributed by atoms with Crippen LogP contribution in [-0.2, 0) is 4.79 Å². The number of nitrogens with zero attached hydrogens (tertiary/aromatic N) is 2. The van der Waals surface area contributed by atoms with E-state index >= 15 is 0 Å². The Morgan fingerprint density at radius 2 is 1.96 bits per heavy atom. The summed E-state index contributed by atoms with van der Waals surface area (Å²) in [7, 11) is 0. The second kappa shape index (κ2) is 7.14. The Labute approximate surface area is 139 Å². The SMILES string of the molecule is Cc1ccc(C2CC(NC(=O)C(C)(C)C)CN(CC#N)C2)cc1. The van der Waals surface area contributed by atoms with Crippen molar-refractivity contribution >= 4 is 5.91 Å². The molecule has 1 N–H and O–H groups in total. The molecule has 2 unspecified atom stereocenters. The highest BCUT2D eigenvalue weighted by Gasteiger charge is 2.31. The van der Waals surface area contributed by atoms with Crippen LogP contribution in [0.1, 0.15) is 44.2 Å². The summed E-state index contributed by atoms with van der Waals surface area (Å²) >= 11 is 0. The first-order valence-corrected chi connectivity index (χ1v) is 8.26. The van der Waals surface area contributed by atoms with Crippen LogP contribution in [0, 0.1) is 23.7 Å². The Hall–Kier alpha value is -1.86. The van der Waals surface area contributed by atoms with Gasteiger partial charge in [-0.2, -0.15) is 5.26 Å². The molecular weight excluding hydrogens is 286 g/mol. The molecule has 1 aliphatic heterocycles. The van der Waals surface area contributed by atoms with E-state index in [-0.39, 0.29) is 11.9 Å². The molecule has 4 nitrogen and oxygen atoms in total. The topological polar surface area (TPSA) is 56.1 Å². The second-order valence-electron chi connectivity index (χ2n) is 7.62. The van der Waals surface area contributed by atoms with Gasteiger partial charge in [-0.05, 0) is 24.8 Å². The molecule has 0 spiro atoms. The highest BCUT2D eigenvalue weighted by Crippen LogP contribution is 2.28. The predicted molar refractivity (Wildman–Crippen MR) is 92.0 cm³/mol. The van der Waals surface area contributed by atoms with Crippen molar-refractivity contribution in [1.29, 1.82) is 5.26 Å². The van der Waals surface area contributed by atoms with Gasteiger partial charge in [0.05, 0.1) is 12.6 Å². The Balaban J connectivity index is 2.12. The average molecular weight is 313 g/mol. The Morgan fingerprint density at radius 1 is 1.30 bits per heavy atom. The zero-order valence-corrected chi connectivity index (χ0v) is 14.6. The van der Waals surface area contributed by atoms with Crippen molar-refractivity contribution in [2.75, 3.05) is 19.6 Å². The van der Waals surface area contributed by atoms with Crippen molar-refractivity contribution in [1.82, 2.24) is 10.2 Å². The van der Waals surface area contributed by atoms with Crippen molar-refractivity contribution in [3.63, 3.8) is 0 Å². The zero-order chi connectivity index (χ0) is 17.0. The molecule has 0 aliphatic carbocycles. The van der Waals surface area contributed by atoms with Crippen LogP contribution >= 0.6 is 0 Å². The van der Waals surface area contributed by atoms with E-state index in [0.717, 1.165) is 19.5 Å². The number of rotatable bonds is 3. The van der Waals surface area contributed by atoms with E-state index in [1.165, 1.54) is 11.1 Å². The number of nitriles is 1. The first-order valence-electron chi connectivity index (χ1n) is 8.26. The lowest BCUT2D eigenvalue weighted by atomic mass is 9.86. The fraction of sp³-hybridized carbons (Fsp3) is 0.579. The average Bonchev–Trinajstić information content (AvgIpc) is 2.47. The molecular formula is C19H27N3O. The van der Waals surface area contributed by atoms with Crippen LogP contribution in [-0.4, -0.2) is 36.5 Å². The van der Waals surface area contributed by atoms with Gasteiger partial charge in [-0.25, -0.2) is 0 Å². The standard InChI is InChI=1S/C19H27N3O/c1-14-5-7-15(8-6-14)16-11-17(13-22(12-16)10-9-20)21-18(23)19(2,3)4/h5-8,16-17H,10-13H2,1-4H3,(H,21,23). The predicted octanol–water partition coefficient (Wildman–Crippen LogP) is 2.84. The van der Waals surface area contributed by atoms with E-state index in [4.69, 9.17) is 5.26 Å². The summed E-state index contributed by atoms with van der Waals surface area (Å²) in [4.78, 5) is 14.4. The van der Waals surface area contributed by atoms with Gasteiger partial charge >= 0.3 is 0 Å². The van der Waals surface area contributed by atoms with Gasteiger partial charge in [-0.3, -0.25) is 9.69 Å². The van der Waals surface area contributed by atoms with Gasteiger partial charge in [0.25, 0.3) is 0 Å². The van der Waals surface area contributed by atoms with Crippen LogP contribution in [0.15, 0.2) is 24.3 Å². The number of nitrogens with one attached hydrogen (secondary N) is 1. The summed E-state index contributed by atoms with van der Waals surface area (Å²) in [6, 6.07) is 10.9. The molecule has 1 aromatic rings. The van der Waals surface area contributed by atoms with Crippen molar-refractivity contribution in [2.24, 2.45) is 5.41 Å². The van der Waals surface area contributed by atoms with Crippen LogP contribution < -0.4 is 5.32 Å². The minimum absolute atomic E-state index is 0.0731. The van der Waals surface area contributed by atoms with E-state index in [2.05, 4.69) is 47.5 Å². The molecule has 0 bridgehead atoms. The quantitative estimate of drug-likeness (QED) is 0.873. The lowest BCUT2D eigenvalue weighted by Gasteiger charge is -2.38. The van der Waals surface area contributed by atoms with Gasteiger partial charge < -0.3 is 5.32 Å². The number of benzene rings is 1. The lowest BCUT2D eigenvalue weighted by Crippen LogP contribution is -2.52. The maximum absolute atomic E-state index is 12.3. The molecule has 1 aromatic carbocycles. The molecule has 1 saturated heterocycles. The number of carbonyl (C=O) groups is 1. The van der Waals surface area contributed by atoms with Gasteiger partial charge in [-0.15, -0.1) is 0 Å². The molecule has 0 aromatic heterocycles. The van der Waals surface area contributed by atoms with Crippen molar-refractivity contribution < 1.29 is 4.79 Å². The number of carbonyl (C=O) groups excluding carboxylic acids is 1. The number of amides is 1. The van der Waals surface area contributed by atoms with Crippen LogP contribution in [0.5, 0.6) is 0 Å². The smallest absolute Gasteiger partial charge is 0.225 e. The monoisotopic (exact) mass is 313 g/mol. The number of likely N-dealkylation sites (tertiary alicyclic amines) is 1. The minimum Gasteiger partial charge on any atom is -0.352 e. The minimum atomic E-state index is -0.392. The maximum atomic E-state index is 12.3. The van der Waals surface area contributed by atoms with Crippen molar-refractivity contribution in [3.05, 3.63) is 35.4 Å². The van der Waals surface area contributed by atoms with Crippen LogP contribution in [0.2, 0.25) is 0 Å². The summed E-state index contributed by atoms with van der Waals surface area (Å²) in [5, 5.41) is 12.2. The van der Waals surface area contributed by atoms with Crippen LogP contribution in [0.4, 0.5) is 0 Å². The number of piperidine rings is 1. The van der Waals surface area contributed by atoms with E-state index in [1.54, 1.807) is 0 Å². The molecule has 4 heteroatoms. The van der Waals surface area contributed by atoms with Crippen LogP contribution in [0.3, 0.4) is 0 Å². The van der Waals surface area contributed by atoms with Gasteiger partial charge in [0.15, 0.2) is 0 Å². The Morgan fingerprint density at radius 3 is 2.52 bits per heavy atom. The second-order valence-corrected chi connectivity index (χ2v) is 7.62. The van der Waals surface area contributed by atoms with Gasteiger partial charge in [-0.1, -0.05) is 50.6 Å². The fourth-order valence-electron chi connectivity index (χ4n) is 3.01. The lowest BCUT2D eigenvalue weighted by molar-refractivity contribution is -0.129. The number of hydrogen-bond donors (Lipinski definition) is 1. The molecule has 1 heterocycles. The molecule has 1 fully saturated rings. The zero-order valence-electron chi connectivity index (χ0n) is 14.6. The van der Waals surface area contributed by atoms with E-state index in [9.17, 15) is 4.79 Å².